The number of alkyl halides is 3. The number of benzene rings is 3. The summed E-state index contributed by atoms with van der Waals surface area (Å²) in [6.45, 7) is 7.38. The number of hydrogen-bond acceptors (Lipinski definition) is 9. The van der Waals surface area contributed by atoms with Gasteiger partial charge in [-0.3, -0.25) is 19.4 Å². The maximum absolute atomic E-state index is 13.7. The molecule has 1 aromatic heterocycles. The number of carbonyl (C=O) groups is 3. The highest BCUT2D eigenvalue weighted by Crippen LogP contribution is 2.33. The van der Waals surface area contributed by atoms with E-state index in [4.69, 9.17) is 14.2 Å². The second kappa shape index (κ2) is 20.1. The number of nitrogens with zero attached hydrogens (tertiary/aromatic N) is 2. The monoisotopic (exact) mass is 780 g/mol. The standard InChI is InChI=1S/C41H47F3N4O6S/c1-40(2,3)54-37(49)15-21-55-27-29-9-6-10-30(22-29)39(51)47-35-13-12-33(48(17-19-52-4)18-20-53-5)25-34(35)36-24-31(14-16-45-36)38(50)46-26-28-8-7-11-32(23-28)41(42,43)44/h6-14,16,22-25H,15,17-21,26-27H2,1-5H3,(H,46,50)(H,47,51). The van der Waals surface area contributed by atoms with E-state index in [2.05, 4.69) is 20.5 Å². The van der Waals surface area contributed by atoms with Gasteiger partial charge in [-0.1, -0.05) is 24.3 Å². The summed E-state index contributed by atoms with van der Waals surface area (Å²) in [5, 5.41) is 5.70. The van der Waals surface area contributed by atoms with Gasteiger partial charge in [-0.15, -0.1) is 0 Å². The van der Waals surface area contributed by atoms with E-state index in [9.17, 15) is 27.6 Å². The largest absolute Gasteiger partial charge is 0.460 e. The van der Waals surface area contributed by atoms with Crippen LogP contribution in [0.1, 0.15) is 64.6 Å². The first-order valence-electron chi connectivity index (χ1n) is 17.6. The van der Waals surface area contributed by atoms with E-state index in [1.165, 1.54) is 24.4 Å². The second-order valence-electron chi connectivity index (χ2n) is 13.6. The Hall–Kier alpha value is -4.92. The van der Waals surface area contributed by atoms with Crippen LogP contribution in [0.15, 0.2) is 85.1 Å². The molecule has 3 aromatic carbocycles. The topological polar surface area (TPSA) is 119 Å². The molecular weight excluding hydrogens is 734 g/mol. The van der Waals surface area contributed by atoms with Crippen LogP contribution in [0.25, 0.3) is 11.3 Å². The molecule has 2 amide bonds. The summed E-state index contributed by atoms with van der Waals surface area (Å²) in [6, 6.07) is 20.6. The zero-order valence-corrected chi connectivity index (χ0v) is 32.4. The minimum atomic E-state index is -4.50. The molecular formula is C41H47F3N4O6S. The lowest BCUT2D eigenvalue weighted by molar-refractivity contribution is -0.154. The Kier molecular flexibility index (Phi) is 15.7. The molecule has 2 N–H and O–H groups in total. The van der Waals surface area contributed by atoms with E-state index in [-0.39, 0.29) is 30.4 Å². The van der Waals surface area contributed by atoms with Crippen molar-refractivity contribution < 1.29 is 41.8 Å². The lowest BCUT2D eigenvalue weighted by atomic mass is 10.0. The summed E-state index contributed by atoms with van der Waals surface area (Å²) in [5.74, 6) is 0.0361. The Bertz CT molecular complexity index is 1910. The number of carbonyl (C=O) groups excluding carboxylic acids is 3. The van der Waals surface area contributed by atoms with E-state index in [0.29, 0.717) is 65.9 Å². The quantitative estimate of drug-likeness (QED) is 0.0765. The van der Waals surface area contributed by atoms with Crippen LogP contribution in [0.4, 0.5) is 24.5 Å². The van der Waals surface area contributed by atoms with Gasteiger partial charge < -0.3 is 29.7 Å². The van der Waals surface area contributed by atoms with E-state index in [0.717, 1.165) is 23.4 Å². The Morgan fingerprint density at radius 3 is 2.20 bits per heavy atom. The van der Waals surface area contributed by atoms with Crippen LogP contribution in [0.3, 0.4) is 0 Å². The van der Waals surface area contributed by atoms with E-state index >= 15 is 0 Å². The zero-order valence-electron chi connectivity index (χ0n) is 31.6. The predicted molar refractivity (Wildman–Crippen MR) is 209 cm³/mol. The minimum Gasteiger partial charge on any atom is -0.460 e. The third kappa shape index (κ3) is 13.7. The van der Waals surface area contributed by atoms with Crippen molar-refractivity contribution >= 4 is 40.9 Å². The van der Waals surface area contributed by atoms with E-state index in [1.54, 1.807) is 56.3 Å². The first-order valence-corrected chi connectivity index (χ1v) is 18.8. The van der Waals surface area contributed by atoms with Crippen LogP contribution in [-0.2, 0) is 37.5 Å². The van der Waals surface area contributed by atoms with Crippen LogP contribution in [0.5, 0.6) is 0 Å². The van der Waals surface area contributed by atoms with Gasteiger partial charge in [-0.2, -0.15) is 24.9 Å². The molecule has 10 nitrogen and oxygen atoms in total. The number of nitrogens with one attached hydrogen (secondary N) is 2. The number of halogens is 3. The van der Waals surface area contributed by atoms with Crippen LogP contribution in [0.2, 0.25) is 0 Å². The number of anilines is 2. The molecule has 4 rings (SSSR count). The van der Waals surface area contributed by atoms with Gasteiger partial charge >= 0.3 is 12.1 Å². The summed E-state index contributed by atoms with van der Waals surface area (Å²) in [6.07, 6.45) is -2.76. The summed E-state index contributed by atoms with van der Waals surface area (Å²) in [5.41, 5.74) is 2.69. The molecule has 0 bridgehead atoms. The Morgan fingerprint density at radius 2 is 1.51 bits per heavy atom. The summed E-state index contributed by atoms with van der Waals surface area (Å²) in [7, 11) is 3.23. The van der Waals surface area contributed by atoms with Gasteiger partial charge in [0.2, 0.25) is 0 Å². The molecule has 0 aliphatic rings. The zero-order chi connectivity index (χ0) is 40.0. The van der Waals surface area contributed by atoms with Gasteiger partial charge in [0.15, 0.2) is 0 Å². The first kappa shape index (κ1) is 42.8. The van der Waals surface area contributed by atoms with Gasteiger partial charge in [0.25, 0.3) is 11.8 Å². The Labute approximate surface area is 324 Å². The molecule has 14 heteroatoms. The fraction of sp³-hybridized carbons (Fsp3) is 0.366. The maximum atomic E-state index is 13.7. The number of thioether (sulfide) groups is 1. The number of pyridine rings is 1. The smallest absolute Gasteiger partial charge is 0.416 e. The third-order valence-electron chi connectivity index (χ3n) is 8.08. The average molecular weight is 781 g/mol. The average Bonchev–Trinajstić information content (AvgIpc) is 3.15. The van der Waals surface area contributed by atoms with Crippen LogP contribution >= 0.6 is 11.8 Å². The molecule has 1 heterocycles. The normalized spacial score (nSPS) is 11.6. The SMILES string of the molecule is COCCN(CCOC)c1ccc(NC(=O)c2cccc(CSCCC(=O)OC(C)(C)C)c2)c(-c2cc(C(=O)NCc3cccc(C(F)(F)F)c3)ccn2)c1. The molecule has 0 spiro atoms. The number of rotatable bonds is 18. The molecule has 55 heavy (non-hydrogen) atoms. The van der Waals surface area contributed by atoms with Gasteiger partial charge in [-0.05, 0) is 86.5 Å². The number of aromatic nitrogens is 1. The molecule has 4 aromatic rings. The first-order chi connectivity index (χ1) is 26.2. The Morgan fingerprint density at radius 1 is 0.818 bits per heavy atom. The van der Waals surface area contributed by atoms with Gasteiger partial charge in [0.05, 0.1) is 36.6 Å². The summed E-state index contributed by atoms with van der Waals surface area (Å²) < 4.78 is 55.7. The minimum absolute atomic E-state index is 0.119. The highest BCUT2D eigenvalue weighted by Gasteiger charge is 2.30. The van der Waals surface area contributed by atoms with Crippen molar-refractivity contribution in [3.05, 3.63) is 113 Å². The van der Waals surface area contributed by atoms with Crippen LogP contribution < -0.4 is 15.5 Å². The van der Waals surface area contributed by atoms with E-state index in [1.807, 2.05) is 39.0 Å². The molecule has 294 valence electrons. The molecule has 0 saturated heterocycles. The number of esters is 1. The van der Waals surface area contributed by atoms with Gasteiger partial charge in [-0.25, -0.2) is 0 Å². The fourth-order valence-electron chi connectivity index (χ4n) is 5.42. The van der Waals surface area contributed by atoms with Crippen LogP contribution in [0, 0.1) is 0 Å². The van der Waals surface area contributed by atoms with Crippen molar-refractivity contribution in [2.75, 3.05) is 56.5 Å². The highest BCUT2D eigenvalue weighted by atomic mass is 32.2. The van der Waals surface area contributed by atoms with Crippen molar-refractivity contribution in [1.29, 1.82) is 0 Å². The van der Waals surface area contributed by atoms with E-state index < -0.39 is 23.2 Å². The molecule has 0 radical (unpaired) electrons. The number of amides is 2. The molecule has 0 saturated carbocycles. The molecule has 0 aliphatic heterocycles. The lowest BCUT2D eigenvalue weighted by Gasteiger charge is -2.25. The Balaban J connectivity index is 1.57. The highest BCUT2D eigenvalue weighted by molar-refractivity contribution is 7.98. The van der Waals surface area contributed by atoms with Crippen molar-refractivity contribution in [3.63, 3.8) is 0 Å². The molecule has 0 atom stereocenters. The van der Waals surface area contributed by atoms with Crippen molar-refractivity contribution in [2.24, 2.45) is 0 Å². The van der Waals surface area contributed by atoms with Gasteiger partial charge in [0, 0.05) is 73.9 Å². The van der Waals surface area contributed by atoms with Gasteiger partial charge in [0.1, 0.15) is 5.60 Å². The molecule has 0 unspecified atom stereocenters. The summed E-state index contributed by atoms with van der Waals surface area (Å²) in [4.78, 5) is 45.7. The number of hydrogen-bond donors (Lipinski definition) is 2. The van der Waals surface area contributed by atoms with Crippen LogP contribution in [-0.4, -0.2) is 74.6 Å². The van der Waals surface area contributed by atoms with Crippen molar-refractivity contribution in [2.45, 2.75) is 51.3 Å². The number of methoxy groups -OCH3 is 2. The molecule has 0 aliphatic carbocycles. The van der Waals surface area contributed by atoms with Crippen molar-refractivity contribution in [3.8, 4) is 11.3 Å². The van der Waals surface area contributed by atoms with Crippen molar-refractivity contribution in [1.82, 2.24) is 10.3 Å². The fourth-order valence-corrected chi connectivity index (χ4v) is 6.29. The molecule has 0 fully saturated rings. The third-order valence-corrected chi connectivity index (χ3v) is 9.11. The number of ether oxygens (including phenoxy) is 3. The predicted octanol–water partition coefficient (Wildman–Crippen LogP) is 8.01. The summed E-state index contributed by atoms with van der Waals surface area (Å²) >= 11 is 1.57. The second-order valence-corrected chi connectivity index (χ2v) is 14.7. The maximum Gasteiger partial charge on any atom is 0.416 e. The lowest BCUT2D eigenvalue weighted by Crippen LogP contribution is -2.30.